The van der Waals surface area contributed by atoms with Gasteiger partial charge in [0.25, 0.3) is 0 Å². The van der Waals surface area contributed by atoms with Gasteiger partial charge in [0, 0.05) is 32.9 Å². The third-order valence-corrected chi connectivity index (χ3v) is 10.1. The fourth-order valence-corrected chi connectivity index (χ4v) is 7.83. The standard InChI is InChI=1S/C46H28N2O2/c1-2-12-33(13-3-1)47-40-17-9-7-15-36(40)38-28-34(20-22-41(38)47)48-39-16-8-6-14-35(39)37-21-18-31(24-42(37)48)32-19-23-43-44(27-32)50-46-26-30-11-5-4-10-29(30)25-45(46)49-43/h1-28H. The molecule has 0 spiro atoms. The molecule has 0 saturated carbocycles. The summed E-state index contributed by atoms with van der Waals surface area (Å²) in [5.74, 6) is 2.90. The largest absolute Gasteiger partial charge is 0.449 e. The molecule has 0 atom stereocenters. The lowest BCUT2D eigenvalue weighted by atomic mass is 10.0. The molecule has 11 rings (SSSR count). The van der Waals surface area contributed by atoms with E-state index in [0.29, 0.717) is 5.75 Å². The number of hydrogen-bond acceptors (Lipinski definition) is 2. The highest BCUT2D eigenvalue weighted by atomic mass is 16.6. The van der Waals surface area contributed by atoms with Gasteiger partial charge in [-0.1, -0.05) is 97.1 Å². The molecule has 1 aliphatic rings. The number of para-hydroxylation sites is 3. The summed E-state index contributed by atoms with van der Waals surface area (Å²) in [6, 6.07) is 60.2. The van der Waals surface area contributed by atoms with Crippen molar-refractivity contribution in [1.29, 1.82) is 0 Å². The maximum atomic E-state index is 6.45. The summed E-state index contributed by atoms with van der Waals surface area (Å²) in [4.78, 5) is 0. The van der Waals surface area contributed by atoms with Gasteiger partial charge >= 0.3 is 0 Å². The molecule has 4 heteroatoms. The van der Waals surface area contributed by atoms with Crippen molar-refractivity contribution in [2.75, 3.05) is 0 Å². The zero-order chi connectivity index (χ0) is 32.8. The van der Waals surface area contributed by atoms with Crippen LogP contribution in [0.4, 0.5) is 0 Å². The van der Waals surface area contributed by atoms with Crippen LogP contribution >= 0.6 is 0 Å². The normalized spacial score (nSPS) is 12.3. The predicted molar refractivity (Wildman–Crippen MR) is 205 cm³/mol. The van der Waals surface area contributed by atoms with Crippen molar-refractivity contribution < 1.29 is 9.47 Å². The molecule has 0 saturated heterocycles. The van der Waals surface area contributed by atoms with E-state index in [-0.39, 0.29) is 0 Å². The van der Waals surface area contributed by atoms with E-state index in [0.717, 1.165) is 56.0 Å². The Bertz CT molecular complexity index is 2990. The van der Waals surface area contributed by atoms with Crippen LogP contribution in [0, 0.1) is 0 Å². The Kier molecular flexibility index (Phi) is 5.63. The molecule has 0 N–H and O–H groups in total. The monoisotopic (exact) mass is 640 g/mol. The molecule has 3 heterocycles. The number of benzene rings is 8. The van der Waals surface area contributed by atoms with E-state index in [1.807, 2.05) is 24.3 Å². The molecule has 0 amide bonds. The summed E-state index contributed by atoms with van der Waals surface area (Å²) in [7, 11) is 0. The molecule has 234 valence electrons. The summed E-state index contributed by atoms with van der Waals surface area (Å²) >= 11 is 0. The molecule has 50 heavy (non-hydrogen) atoms. The van der Waals surface area contributed by atoms with Crippen molar-refractivity contribution in [3.63, 3.8) is 0 Å². The molecule has 0 radical (unpaired) electrons. The second-order valence-electron chi connectivity index (χ2n) is 13.0. The van der Waals surface area contributed by atoms with Crippen molar-refractivity contribution in [1.82, 2.24) is 9.13 Å². The maximum absolute atomic E-state index is 6.45. The van der Waals surface area contributed by atoms with Crippen LogP contribution in [0.15, 0.2) is 170 Å². The van der Waals surface area contributed by atoms with Gasteiger partial charge in [0.2, 0.25) is 0 Å². The third kappa shape index (κ3) is 3.99. The van der Waals surface area contributed by atoms with Crippen LogP contribution in [0.3, 0.4) is 0 Å². The summed E-state index contributed by atoms with van der Waals surface area (Å²) in [6.07, 6.45) is 0. The first-order chi connectivity index (χ1) is 24.8. The summed E-state index contributed by atoms with van der Waals surface area (Å²) in [6.45, 7) is 0. The number of fused-ring (bicyclic) bond motifs is 9. The van der Waals surface area contributed by atoms with Gasteiger partial charge < -0.3 is 18.6 Å². The van der Waals surface area contributed by atoms with Crippen LogP contribution in [0.2, 0.25) is 0 Å². The zero-order valence-electron chi connectivity index (χ0n) is 26.9. The SMILES string of the molecule is c1ccc(-n2c3ccccc3c3cc(-n4c5ccccc5c5ccc(-c6ccc7c(c6)Oc6cc8ccccc8cc6O7)cc54)ccc32)cc1. The van der Waals surface area contributed by atoms with E-state index in [9.17, 15) is 0 Å². The number of nitrogens with zero attached hydrogens (tertiary/aromatic N) is 2. The summed E-state index contributed by atoms with van der Waals surface area (Å²) < 4.78 is 17.5. The third-order valence-electron chi connectivity index (χ3n) is 10.1. The van der Waals surface area contributed by atoms with Crippen LogP contribution in [-0.4, -0.2) is 9.13 Å². The van der Waals surface area contributed by atoms with Gasteiger partial charge in [-0.25, -0.2) is 0 Å². The van der Waals surface area contributed by atoms with Crippen molar-refractivity contribution in [2.45, 2.75) is 0 Å². The molecule has 0 aliphatic carbocycles. The molecular weight excluding hydrogens is 613 g/mol. The van der Waals surface area contributed by atoms with Gasteiger partial charge in [0.15, 0.2) is 23.0 Å². The first-order valence-corrected chi connectivity index (χ1v) is 16.9. The van der Waals surface area contributed by atoms with Gasteiger partial charge in [-0.05, 0) is 94.7 Å². The lowest BCUT2D eigenvalue weighted by Crippen LogP contribution is -1.99. The van der Waals surface area contributed by atoms with Crippen molar-refractivity contribution >= 4 is 54.4 Å². The van der Waals surface area contributed by atoms with Crippen LogP contribution in [0.1, 0.15) is 0 Å². The average molecular weight is 641 g/mol. The van der Waals surface area contributed by atoms with Crippen molar-refractivity contribution in [2.24, 2.45) is 0 Å². The quantitative estimate of drug-likeness (QED) is 0.192. The second-order valence-corrected chi connectivity index (χ2v) is 13.0. The molecule has 0 fully saturated rings. The molecule has 4 nitrogen and oxygen atoms in total. The Balaban J connectivity index is 1.07. The summed E-state index contributed by atoms with van der Waals surface area (Å²) in [5, 5.41) is 7.15. The first-order valence-electron chi connectivity index (χ1n) is 16.9. The van der Waals surface area contributed by atoms with Gasteiger partial charge in [-0.2, -0.15) is 0 Å². The first kappa shape index (κ1) is 27.2. The predicted octanol–water partition coefficient (Wildman–Crippen LogP) is 12.6. The topological polar surface area (TPSA) is 28.3 Å². The van der Waals surface area contributed by atoms with E-state index < -0.39 is 0 Å². The maximum Gasteiger partial charge on any atom is 0.170 e. The molecule has 1 aliphatic heterocycles. The molecular formula is C46H28N2O2. The fraction of sp³-hybridized carbons (Fsp3) is 0. The molecule has 0 unspecified atom stereocenters. The van der Waals surface area contributed by atoms with E-state index in [2.05, 4.69) is 155 Å². The second kappa shape index (κ2) is 10.4. The smallest absolute Gasteiger partial charge is 0.170 e. The molecule has 8 aromatic carbocycles. The van der Waals surface area contributed by atoms with E-state index in [1.165, 1.54) is 38.1 Å². The lowest BCUT2D eigenvalue weighted by molar-refractivity contribution is 0.360. The van der Waals surface area contributed by atoms with Crippen molar-refractivity contribution in [3.05, 3.63) is 170 Å². The van der Waals surface area contributed by atoms with Gasteiger partial charge in [0.05, 0.1) is 22.1 Å². The Morgan fingerprint density at radius 2 is 0.840 bits per heavy atom. The number of hydrogen-bond donors (Lipinski definition) is 0. The highest BCUT2D eigenvalue weighted by molar-refractivity contribution is 6.12. The van der Waals surface area contributed by atoms with Gasteiger partial charge in [0.1, 0.15) is 0 Å². The Hall–Kier alpha value is -6.78. The summed E-state index contributed by atoms with van der Waals surface area (Å²) in [5.41, 5.74) is 9.18. The number of aromatic nitrogens is 2. The minimum absolute atomic E-state index is 0.714. The van der Waals surface area contributed by atoms with Crippen LogP contribution in [0.25, 0.3) is 76.9 Å². The Morgan fingerprint density at radius 3 is 1.60 bits per heavy atom. The highest BCUT2D eigenvalue weighted by Gasteiger charge is 2.21. The molecule has 0 bridgehead atoms. The van der Waals surface area contributed by atoms with E-state index >= 15 is 0 Å². The Morgan fingerprint density at radius 1 is 0.300 bits per heavy atom. The van der Waals surface area contributed by atoms with E-state index in [1.54, 1.807) is 0 Å². The number of ether oxygens (including phenoxy) is 2. The van der Waals surface area contributed by atoms with Crippen LogP contribution in [-0.2, 0) is 0 Å². The van der Waals surface area contributed by atoms with Crippen LogP contribution in [0.5, 0.6) is 23.0 Å². The highest BCUT2D eigenvalue weighted by Crippen LogP contribution is 2.48. The van der Waals surface area contributed by atoms with Crippen molar-refractivity contribution in [3.8, 4) is 45.5 Å². The van der Waals surface area contributed by atoms with Gasteiger partial charge in [-0.3, -0.25) is 0 Å². The number of rotatable bonds is 3. The molecule has 10 aromatic rings. The zero-order valence-corrected chi connectivity index (χ0v) is 26.9. The lowest BCUT2D eigenvalue weighted by Gasteiger charge is -2.22. The minimum atomic E-state index is 0.714. The van der Waals surface area contributed by atoms with Crippen LogP contribution < -0.4 is 9.47 Å². The fourth-order valence-electron chi connectivity index (χ4n) is 7.83. The average Bonchev–Trinajstić information content (AvgIpc) is 3.68. The minimum Gasteiger partial charge on any atom is -0.449 e. The Labute approximate surface area is 287 Å². The molecule has 2 aromatic heterocycles. The van der Waals surface area contributed by atoms with Gasteiger partial charge in [-0.15, -0.1) is 0 Å². The van der Waals surface area contributed by atoms with E-state index in [4.69, 9.17) is 9.47 Å².